The average Bonchev–Trinajstić information content (AvgIpc) is 3.12. The van der Waals surface area contributed by atoms with Gasteiger partial charge in [-0.15, -0.1) is 0 Å². The number of rotatable bonds is 5. The molecular weight excluding hydrogens is 544 g/mol. The number of esters is 1. The number of nitrogens with zero attached hydrogens (tertiary/aromatic N) is 2. The van der Waals surface area contributed by atoms with Crippen LogP contribution in [0.15, 0.2) is 61.9 Å². The molecule has 3 aromatic rings. The molecule has 7 nitrogen and oxygen atoms in total. The van der Waals surface area contributed by atoms with E-state index in [1.807, 2.05) is 18.2 Å². The van der Waals surface area contributed by atoms with Crippen LogP contribution in [0.5, 0.6) is 11.5 Å². The molecule has 10 heteroatoms. The standard InChI is InChI=1S/C24H20BrClN2O5S/c1-12-20(23(30)33-4)21(15-11-14(26)6-8-17(15)31-2)28-22(29)19(34-24(28)27-12)10-13-5-7-18(32-3)16(25)9-13/h5-11,21H,1-4H3/b19-10-/t21-/m1/s1. The van der Waals surface area contributed by atoms with Gasteiger partial charge in [0.25, 0.3) is 5.56 Å². The van der Waals surface area contributed by atoms with Crippen LogP contribution in [0.1, 0.15) is 24.1 Å². The SMILES string of the molecule is COC(=O)C1=C(C)N=c2s/c(=C\c3ccc(OC)c(Br)c3)c(=O)n2[C@@H]1c1cc(Cl)ccc1OC. The lowest BCUT2D eigenvalue weighted by molar-refractivity contribution is -0.136. The number of benzene rings is 2. The minimum Gasteiger partial charge on any atom is -0.496 e. The molecule has 0 unspecified atom stereocenters. The number of ether oxygens (including phenoxy) is 3. The molecule has 1 aromatic heterocycles. The topological polar surface area (TPSA) is 79.1 Å². The van der Waals surface area contributed by atoms with Gasteiger partial charge in [0.2, 0.25) is 0 Å². The molecule has 1 atom stereocenters. The molecule has 0 aliphatic carbocycles. The Labute approximate surface area is 212 Å². The number of hydrogen-bond donors (Lipinski definition) is 0. The second-order valence-electron chi connectivity index (χ2n) is 7.35. The molecule has 2 heterocycles. The summed E-state index contributed by atoms with van der Waals surface area (Å²) in [5.74, 6) is 0.589. The predicted octanol–water partition coefficient (Wildman–Crippen LogP) is 3.84. The number of carbonyl (C=O) groups is 1. The molecule has 1 aliphatic rings. The first-order valence-electron chi connectivity index (χ1n) is 10.1. The molecule has 1 aliphatic heterocycles. The molecule has 34 heavy (non-hydrogen) atoms. The van der Waals surface area contributed by atoms with Gasteiger partial charge >= 0.3 is 5.97 Å². The zero-order valence-corrected chi connectivity index (χ0v) is 21.9. The molecule has 0 fully saturated rings. The van der Waals surface area contributed by atoms with Crippen LogP contribution in [0.25, 0.3) is 6.08 Å². The highest BCUT2D eigenvalue weighted by molar-refractivity contribution is 9.10. The number of hydrogen-bond acceptors (Lipinski definition) is 7. The lowest BCUT2D eigenvalue weighted by atomic mass is 9.95. The van der Waals surface area contributed by atoms with Crippen LogP contribution in [0, 0.1) is 0 Å². The summed E-state index contributed by atoms with van der Waals surface area (Å²) in [6, 6.07) is 9.78. The number of thiazole rings is 1. The summed E-state index contributed by atoms with van der Waals surface area (Å²) < 4.78 is 18.6. The van der Waals surface area contributed by atoms with Gasteiger partial charge in [-0.1, -0.05) is 29.0 Å². The summed E-state index contributed by atoms with van der Waals surface area (Å²) >= 11 is 11.0. The van der Waals surface area contributed by atoms with Crippen LogP contribution >= 0.6 is 38.9 Å². The lowest BCUT2D eigenvalue weighted by Gasteiger charge is -2.25. The normalized spacial score (nSPS) is 15.6. The zero-order chi connectivity index (χ0) is 24.6. The fraction of sp³-hybridized carbons (Fsp3) is 0.208. The third kappa shape index (κ3) is 4.31. The summed E-state index contributed by atoms with van der Waals surface area (Å²) in [6.07, 6.45) is 1.78. The second kappa shape index (κ2) is 9.77. The minimum absolute atomic E-state index is 0.245. The third-order valence-corrected chi connectivity index (χ3v) is 7.22. The highest BCUT2D eigenvalue weighted by Gasteiger charge is 2.35. The predicted molar refractivity (Wildman–Crippen MR) is 134 cm³/mol. The molecule has 0 saturated carbocycles. The Bertz CT molecular complexity index is 1510. The van der Waals surface area contributed by atoms with Gasteiger partial charge in [-0.3, -0.25) is 9.36 Å². The first-order chi connectivity index (χ1) is 16.3. The molecule has 2 aromatic carbocycles. The van der Waals surface area contributed by atoms with E-state index < -0.39 is 12.0 Å². The number of aromatic nitrogens is 1. The van der Waals surface area contributed by atoms with Gasteiger partial charge < -0.3 is 14.2 Å². The first kappa shape index (κ1) is 24.3. The maximum atomic E-state index is 13.7. The van der Waals surface area contributed by atoms with Crippen molar-refractivity contribution in [1.82, 2.24) is 4.57 Å². The molecule has 0 radical (unpaired) electrons. The van der Waals surface area contributed by atoms with Crippen LogP contribution in [0.3, 0.4) is 0 Å². The van der Waals surface area contributed by atoms with Crippen molar-refractivity contribution in [2.24, 2.45) is 4.99 Å². The van der Waals surface area contributed by atoms with E-state index >= 15 is 0 Å². The Morgan fingerprint density at radius 3 is 2.50 bits per heavy atom. The Morgan fingerprint density at radius 1 is 1.15 bits per heavy atom. The summed E-state index contributed by atoms with van der Waals surface area (Å²) in [4.78, 5) is 31.5. The van der Waals surface area contributed by atoms with Crippen molar-refractivity contribution in [3.63, 3.8) is 0 Å². The largest absolute Gasteiger partial charge is 0.496 e. The molecule has 0 bridgehead atoms. The molecular formula is C24H20BrClN2O5S. The van der Waals surface area contributed by atoms with E-state index in [9.17, 15) is 9.59 Å². The lowest BCUT2D eigenvalue weighted by Crippen LogP contribution is -2.40. The van der Waals surface area contributed by atoms with Crippen LogP contribution in [0.4, 0.5) is 0 Å². The smallest absolute Gasteiger partial charge is 0.338 e. The number of carbonyl (C=O) groups excluding carboxylic acids is 1. The van der Waals surface area contributed by atoms with Crippen molar-refractivity contribution in [1.29, 1.82) is 0 Å². The molecule has 0 amide bonds. The van der Waals surface area contributed by atoms with Crippen molar-refractivity contribution >= 4 is 50.9 Å². The maximum absolute atomic E-state index is 13.7. The summed E-state index contributed by atoms with van der Waals surface area (Å²) in [6.45, 7) is 1.72. The Kier molecular flexibility index (Phi) is 6.97. The summed E-state index contributed by atoms with van der Waals surface area (Å²) in [7, 11) is 4.40. The van der Waals surface area contributed by atoms with Crippen LogP contribution < -0.4 is 24.4 Å². The van der Waals surface area contributed by atoms with Gasteiger partial charge in [0.15, 0.2) is 4.80 Å². The Hall–Kier alpha value is -2.88. The monoisotopic (exact) mass is 562 g/mol. The van der Waals surface area contributed by atoms with E-state index in [1.54, 1.807) is 38.3 Å². The van der Waals surface area contributed by atoms with Gasteiger partial charge in [-0.25, -0.2) is 9.79 Å². The fourth-order valence-corrected chi connectivity index (χ4v) is 5.62. The van der Waals surface area contributed by atoms with E-state index in [-0.39, 0.29) is 11.1 Å². The number of halogens is 2. The van der Waals surface area contributed by atoms with Crippen molar-refractivity contribution < 1.29 is 19.0 Å². The van der Waals surface area contributed by atoms with Gasteiger partial charge in [0, 0.05) is 10.6 Å². The fourth-order valence-electron chi connectivity index (χ4n) is 3.83. The Morgan fingerprint density at radius 2 is 1.85 bits per heavy atom. The van der Waals surface area contributed by atoms with E-state index in [0.717, 1.165) is 10.0 Å². The van der Waals surface area contributed by atoms with Crippen LogP contribution in [-0.2, 0) is 9.53 Å². The van der Waals surface area contributed by atoms with Gasteiger partial charge in [0.05, 0.1) is 41.6 Å². The minimum atomic E-state index is -0.817. The van der Waals surface area contributed by atoms with Crippen molar-refractivity contribution in [3.8, 4) is 11.5 Å². The van der Waals surface area contributed by atoms with Crippen LogP contribution in [0.2, 0.25) is 5.02 Å². The quantitative estimate of drug-likeness (QED) is 0.441. The third-order valence-electron chi connectivity index (χ3n) is 5.39. The first-order valence-corrected chi connectivity index (χ1v) is 12.1. The summed E-state index contributed by atoms with van der Waals surface area (Å²) in [5, 5.41) is 0.444. The van der Waals surface area contributed by atoms with Gasteiger partial charge in [-0.2, -0.15) is 0 Å². The second-order valence-corrected chi connectivity index (χ2v) is 9.65. The number of allylic oxidation sites excluding steroid dienone is 1. The molecule has 176 valence electrons. The van der Waals surface area contributed by atoms with Crippen molar-refractivity contribution in [3.05, 3.63) is 88.0 Å². The highest BCUT2D eigenvalue weighted by atomic mass is 79.9. The molecule has 0 saturated heterocycles. The van der Waals surface area contributed by atoms with E-state index in [1.165, 1.54) is 30.1 Å². The zero-order valence-electron chi connectivity index (χ0n) is 18.7. The molecule has 0 spiro atoms. The number of fused-ring (bicyclic) bond motifs is 1. The summed E-state index contributed by atoms with van der Waals surface area (Å²) in [5.41, 5.74) is 1.77. The number of methoxy groups -OCH3 is 3. The van der Waals surface area contributed by atoms with Gasteiger partial charge in [0.1, 0.15) is 17.5 Å². The average molecular weight is 564 g/mol. The maximum Gasteiger partial charge on any atom is 0.338 e. The van der Waals surface area contributed by atoms with Crippen LogP contribution in [-0.4, -0.2) is 31.9 Å². The highest BCUT2D eigenvalue weighted by Crippen LogP contribution is 2.37. The Balaban J connectivity index is 2.00. The van der Waals surface area contributed by atoms with Gasteiger partial charge in [-0.05, 0) is 64.8 Å². The molecule has 0 N–H and O–H groups in total. The van der Waals surface area contributed by atoms with E-state index in [0.29, 0.717) is 37.1 Å². The van der Waals surface area contributed by atoms with Crippen molar-refractivity contribution in [2.75, 3.05) is 21.3 Å². The van der Waals surface area contributed by atoms with E-state index in [4.69, 9.17) is 25.8 Å². The molecule has 4 rings (SSSR count). The van der Waals surface area contributed by atoms with E-state index in [2.05, 4.69) is 20.9 Å². The van der Waals surface area contributed by atoms with Crippen molar-refractivity contribution in [2.45, 2.75) is 13.0 Å².